The molecule has 0 saturated heterocycles. The van der Waals surface area contributed by atoms with Crippen LogP contribution >= 0.6 is 11.6 Å². The van der Waals surface area contributed by atoms with E-state index in [0.29, 0.717) is 24.4 Å². The van der Waals surface area contributed by atoms with Gasteiger partial charge in [-0.25, -0.2) is 0 Å². The lowest BCUT2D eigenvalue weighted by molar-refractivity contribution is -0.135. The van der Waals surface area contributed by atoms with E-state index in [4.69, 9.17) is 16.7 Å². The molecule has 0 fully saturated rings. The first-order valence-corrected chi connectivity index (χ1v) is 6.70. The predicted octanol–water partition coefficient (Wildman–Crippen LogP) is 2.10. The molecule has 1 aromatic rings. The smallest absolute Gasteiger partial charge is 0.323 e. The molecule has 1 amide bonds. The number of halogens is 1. The van der Waals surface area contributed by atoms with E-state index in [1.807, 2.05) is 6.07 Å². The van der Waals surface area contributed by atoms with Gasteiger partial charge in [0.25, 0.3) is 0 Å². The highest BCUT2D eigenvalue weighted by molar-refractivity contribution is 6.30. The monoisotopic (exact) mass is 298 g/mol. The highest BCUT2D eigenvalue weighted by Crippen LogP contribution is 2.19. The molecule has 0 atom stereocenters. The number of hydrogen-bond acceptors (Lipinski definition) is 3. The fraction of sp³-hybridized carbons (Fsp3) is 0.429. The standard InChI is InChI=1S/C14H19ClN2O3/c1-16(2)13(18)7-4-8-17(10-14(19)20)12-6-3-5-11(15)9-12/h3,5-6,9H,4,7-8,10H2,1-2H3,(H,19,20). The van der Waals surface area contributed by atoms with E-state index < -0.39 is 5.97 Å². The molecule has 0 aliphatic heterocycles. The van der Waals surface area contributed by atoms with Crippen LogP contribution in [-0.2, 0) is 9.59 Å². The summed E-state index contributed by atoms with van der Waals surface area (Å²) in [6.07, 6.45) is 0.987. The van der Waals surface area contributed by atoms with Gasteiger partial charge in [0.15, 0.2) is 0 Å². The van der Waals surface area contributed by atoms with Gasteiger partial charge >= 0.3 is 5.97 Å². The van der Waals surface area contributed by atoms with Crippen LogP contribution < -0.4 is 4.90 Å². The van der Waals surface area contributed by atoms with E-state index in [1.165, 1.54) is 4.90 Å². The molecule has 0 aliphatic rings. The number of rotatable bonds is 7. The second kappa shape index (κ2) is 7.75. The molecule has 20 heavy (non-hydrogen) atoms. The van der Waals surface area contributed by atoms with Gasteiger partial charge < -0.3 is 14.9 Å². The summed E-state index contributed by atoms with van der Waals surface area (Å²) in [6.45, 7) is 0.378. The highest BCUT2D eigenvalue weighted by atomic mass is 35.5. The van der Waals surface area contributed by atoms with Crippen LogP contribution in [0.1, 0.15) is 12.8 Å². The Bertz CT molecular complexity index is 477. The fourth-order valence-electron chi connectivity index (χ4n) is 1.78. The van der Waals surface area contributed by atoms with Crippen molar-refractivity contribution < 1.29 is 14.7 Å². The summed E-state index contributed by atoms with van der Waals surface area (Å²) in [5.41, 5.74) is 0.747. The molecule has 6 heteroatoms. The topological polar surface area (TPSA) is 60.9 Å². The van der Waals surface area contributed by atoms with Crippen LogP contribution in [-0.4, -0.2) is 49.1 Å². The number of anilines is 1. The van der Waals surface area contributed by atoms with Crippen molar-refractivity contribution in [3.63, 3.8) is 0 Å². The lowest BCUT2D eigenvalue weighted by Crippen LogP contribution is -2.31. The van der Waals surface area contributed by atoms with E-state index in [9.17, 15) is 9.59 Å². The first kappa shape index (κ1) is 16.3. The summed E-state index contributed by atoms with van der Waals surface area (Å²) in [5.74, 6) is -0.879. The van der Waals surface area contributed by atoms with Crippen LogP contribution in [0.15, 0.2) is 24.3 Å². The van der Waals surface area contributed by atoms with Crippen LogP contribution in [0.2, 0.25) is 5.02 Å². The summed E-state index contributed by atoms with van der Waals surface area (Å²) in [6, 6.07) is 7.04. The maximum atomic E-state index is 11.5. The zero-order valence-electron chi connectivity index (χ0n) is 11.7. The minimum absolute atomic E-state index is 0.0337. The number of aliphatic carboxylic acids is 1. The third kappa shape index (κ3) is 5.48. The normalized spacial score (nSPS) is 10.2. The van der Waals surface area contributed by atoms with Crippen molar-refractivity contribution in [2.75, 3.05) is 32.1 Å². The van der Waals surface area contributed by atoms with Crippen LogP contribution in [0, 0.1) is 0 Å². The highest BCUT2D eigenvalue weighted by Gasteiger charge is 2.12. The van der Waals surface area contributed by atoms with Crippen molar-refractivity contribution in [1.29, 1.82) is 0 Å². The second-order valence-electron chi connectivity index (χ2n) is 4.69. The summed E-state index contributed by atoms with van der Waals surface area (Å²) < 4.78 is 0. The Morgan fingerprint density at radius 1 is 1.30 bits per heavy atom. The third-order valence-corrected chi connectivity index (χ3v) is 3.05. The predicted molar refractivity (Wildman–Crippen MR) is 79.2 cm³/mol. The number of carboxylic acids is 1. The Hall–Kier alpha value is -1.75. The molecule has 110 valence electrons. The Morgan fingerprint density at radius 3 is 2.55 bits per heavy atom. The lowest BCUT2D eigenvalue weighted by Gasteiger charge is -2.23. The first-order valence-electron chi connectivity index (χ1n) is 6.32. The minimum atomic E-state index is -0.913. The van der Waals surface area contributed by atoms with Gasteiger partial charge in [-0.1, -0.05) is 17.7 Å². The van der Waals surface area contributed by atoms with E-state index in [2.05, 4.69) is 0 Å². The van der Waals surface area contributed by atoms with Gasteiger partial charge in [0.2, 0.25) is 5.91 Å². The van der Waals surface area contributed by atoms with E-state index in [-0.39, 0.29) is 12.5 Å². The number of benzene rings is 1. The molecule has 0 radical (unpaired) electrons. The van der Waals surface area contributed by atoms with Gasteiger partial charge in [-0.05, 0) is 24.6 Å². The first-order chi connectivity index (χ1) is 9.40. The number of carboxylic acid groups (broad SMARTS) is 1. The van der Waals surface area contributed by atoms with E-state index >= 15 is 0 Å². The van der Waals surface area contributed by atoms with Crippen molar-refractivity contribution in [3.8, 4) is 0 Å². The molecular formula is C14H19ClN2O3. The Balaban J connectivity index is 2.66. The van der Waals surface area contributed by atoms with Gasteiger partial charge in [-0.3, -0.25) is 9.59 Å². The number of carbonyl (C=O) groups is 2. The SMILES string of the molecule is CN(C)C(=O)CCCN(CC(=O)O)c1cccc(Cl)c1. The lowest BCUT2D eigenvalue weighted by atomic mass is 10.2. The zero-order chi connectivity index (χ0) is 15.1. The van der Waals surface area contributed by atoms with Gasteiger partial charge in [0, 0.05) is 37.8 Å². The molecule has 1 rings (SSSR count). The molecule has 0 spiro atoms. The summed E-state index contributed by atoms with van der Waals surface area (Å²) >= 11 is 5.92. The average Bonchev–Trinajstić information content (AvgIpc) is 2.36. The van der Waals surface area contributed by atoms with Crippen molar-refractivity contribution >= 4 is 29.2 Å². The molecule has 1 N–H and O–H groups in total. The van der Waals surface area contributed by atoms with Crippen LogP contribution in [0.3, 0.4) is 0 Å². The second-order valence-corrected chi connectivity index (χ2v) is 5.12. The summed E-state index contributed by atoms with van der Waals surface area (Å²) in [4.78, 5) is 25.7. The third-order valence-electron chi connectivity index (χ3n) is 2.82. The fourth-order valence-corrected chi connectivity index (χ4v) is 1.96. The van der Waals surface area contributed by atoms with Crippen molar-refractivity contribution in [2.24, 2.45) is 0 Å². The quantitative estimate of drug-likeness (QED) is 0.837. The van der Waals surface area contributed by atoms with Gasteiger partial charge in [-0.2, -0.15) is 0 Å². The average molecular weight is 299 g/mol. The molecule has 0 unspecified atom stereocenters. The van der Waals surface area contributed by atoms with Crippen molar-refractivity contribution in [3.05, 3.63) is 29.3 Å². The zero-order valence-corrected chi connectivity index (χ0v) is 12.4. The van der Waals surface area contributed by atoms with Crippen LogP contribution in [0.25, 0.3) is 0 Å². The summed E-state index contributed by atoms with van der Waals surface area (Å²) in [7, 11) is 3.41. The Labute approximate surface area is 123 Å². The van der Waals surface area contributed by atoms with Gasteiger partial charge in [0.1, 0.15) is 6.54 Å². The maximum absolute atomic E-state index is 11.5. The van der Waals surface area contributed by atoms with E-state index in [1.54, 1.807) is 37.2 Å². The molecular weight excluding hydrogens is 280 g/mol. The number of hydrogen-bond donors (Lipinski definition) is 1. The Kier molecular flexibility index (Phi) is 6.31. The molecule has 5 nitrogen and oxygen atoms in total. The number of carbonyl (C=O) groups excluding carboxylic acids is 1. The largest absolute Gasteiger partial charge is 0.480 e. The molecule has 0 aromatic heterocycles. The van der Waals surface area contributed by atoms with Crippen molar-refractivity contribution in [1.82, 2.24) is 4.90 Å². The molecule has 0 saturated carbocycles. The maximum Gasteiger partial charge on any atom is 0.323 e. The van der Waals surface area contributed by atoms with Gasteiger partial charge in [-0.15, -0.1) is 0 Å². The summed E-state index contributed by atoms with van der Waals surface area (Å²) in [5, 5.41) is 9.52. The minimum Gasteiger partial charge on any atom is -0.480 e. The van der Waals surface area contributed by atoms with E-state index in [0.717, 1.165) is 5.69 Å². The number of nitrogens with zero attached hydrogens (tertiary/aromatic N) is 2. The molecule has 1 aromatic carbocycles. The molecule has 0 aliphatic carbocycles. The Morgan fingerprint density at radius 2 is 2.00 bits per heavy atom. The van der Waals surface area contributed by atoms with Gasteiger partial charge in [0.05, 0.1) is 0 Å². The van der Waals surface area contributed by atoms with Crippen molar-refractivity contribution in [2.45, 2.75) is 12.8 Å². The van der Waals surface area contributed by atoms with Crippen LogP contribution in [0.5, 0.6) is 0 Å². The number of amides is 1. The molecule has 0 heterocycles. The van der Waals surface area contributed by atoms with Crippen LogP contribution in [0.4, 0.5) is 5.69 Å². The molecule has 0 bridgehead atoms.